The number of rotatable bonds is 3. The van der Waals surface area contributed by atoms with E-state index in [1.165, 1.54) is 11.8 Å². The summed E-state index contributed by atoms with van der Waals surface area (Å²) < 4.78 is 5.58. The molecule has 0 radical (unpaired) electrons. The van der Waals surface area contributed by atoms with Crippen molar-refractivity contribution in [3.8, 4) is 0 Å². The van der Waals surface area contributed by atoms with Crippen molar-refractivity contribution in [3.05, 3.63) is 29.7 Å². The minimum absolute atomic E-state index is 0.113. The molecule has 2 saturated heterocycles. The Labute approximate surface area is 161 Å². The fourth-order valence-electron chi connectivity index (χ4n) is 3.53. The highest BCUT2D eigenvalue weighted by atomic mass is 35.5. The van der Waals surface area contributed by atoms with Crippen LogP contribution in [0.1, 0.15) is 12.8 Å². The molecule has 4 N–H and O–H groups in total. The van der Waals surface area contributed by atoms with Gasteiger partial charge in [0.25, 0.3) is 0 Å². The molecule has 0 unspecified atom stereocenters. The van der Waals surface area contributed by atoms with Gasteiger partial charge < -0.3 is 21.1 Å². The van der Waals surface area contributed by atoms with Crippen molar-refractivity contribution in [1.82, 2.24) is 15.0 Å². The molecular formula is C17H21ClN6OS. The zero-order valence-electron chi connectivity index (χ0n) is 14.3. The lowest BCUT2D eigenvalue weighted by Crippen LogP contribution is -2.49. The van der Waals surface area contributed by atoms with Gasteiger partial charge >= 0.3 is 0 Å². The van der Waals surface area contributed by atoms with Crippen molar-refractivity contribution in [2.24, 2.45) is 11.1 Å². The van der Waals surface area contributed by atoms with E-state index in [2.05, 4.69) is 19.9 Å². The number of aromatic nitrogens is 3. The fraction of sp³-hybridized carbons (Fsp3) is 0.471. The number of anilines is 2. The van der Waals surface area contributed by atoms with Crippen LogP contribution < -0.4 is 16.4 Å². The molecule has 0 bridgehead atoms. The predicted octanol–water partition coefficient (Wildman–Crippen LogP) is 2.20. The monoisotopic (exact) mass is 392 g/mol. The number of ether oxygens (including phenoxy) is 1. The molecule has 9 heteroatoms. The van der Waals surface area contributed by atoms with Crippen LogP contribution in [-0.2, 0) is 4.74 Å². The molecule has 0 aromatic carbocycles. The molecule has 2 fully saturated rings. The third kappa shape index (κ3) is 3.34. The maximum atomic E-state index is 6.25. The number of hydrogen-bond donors (Lipinski definition) is 2. The van der Waals surface area contributed by atoms with Crippen LogP contribution in [0.5, 0.6) is 0 Å². The molecule has 0 amide bonds. The predicted molar refractivity (Wildman–Crippen MR) is 102 cm³/mol. The van der Waals surface area contributed by atoms with E-state index >= 15 is 0 Å². The molecule has 2 aromatic heterocycles. The van der Waals surface area contributed by atoms with Crippen molar-refractivity contribution in [3.63, 3.8) is 0 Å². The van der Waals surface area contributed by atoms with Gasteiger partial charge in [-0.15, -0.1) is 0 Å². The third-order valence-electron chi connectivity index (χ3n) is 5.24. The second-order valence-electron chi connectivity index (χ2n) is 6.78. The van der Waals surface area contributed by atoms with Crippen LogP contribution >= 0.6 is 23.4 Å². The van der Waals surface area contributed by atoms with Crippen LogP contribution in [0, 0.1) is 5.41 Å². The second kappa shape index (κ2) is 7.19. The summed E-state index contributed by atoms with van der Waals surface area (Å²) in [6.45, 7) is 3.19. The summed E-state index contributed by atoms with van der Waals surface area (Å²) in [4.78, 5) is 16.1. The minimum Gasteiger partial charge on any atom is -0.381 e. The zero-order chi connectivity index (χ0) is 18.1. The Bertz CT molecular complexity index is 799. The smallest absolute Gasteiger partial charge is 0.158 e. The van der Waals surface area contributed by atoms with Crippen molar-refractivity contribution in [1.29, 1.82) is 0 Å². The Balaban J connectivity index is 1.46. The maximum absolute atomic E-state index is 6.25. The molecule has 4 heterocycles. The molecule has 1 spiro atoms. The SMILES string of the molecule is Nc1nc(N2CCC3(CC2)COC[C@H]3N)cnc1Sc1cccnc1Cl. The van der Waals surface area contributed by atoms with E-state index in [0.717, 1.165) is 43.3 Å². The van der Waals surface area contributed by atoms with Gasteiger partial charge in [-0.1, -0.05) is 23.4 Å². The zero-order valence-corrected chi connectivity index (χ0v) is 15.8. The largest absolute Gasteiger partial charge is 0.381 e. The molecule has 138 valence electrons. The lowest BCUT2D eigenvalue weighted by Gasteiger charge is -2.41. The number of nitrogen functional groups attached to an aromatic ring is 1. The molecular weight excluding hydrogens is 372 g/mol. The molecule has 7 nitrogen and oxygen atoms in total. The Morgan fingerprint density at radius 2 is 2.12 bits per heavy atom. The second-order valence-corrected chi connectivity index (χ2v) is 8.17. The van der Waals surface area contributed by atoms with Gasteiger partial charge in [-0.05, 0) is 25.0 Å². The van der Waals surface area contributed by atoms with E-state index < -0.39 is 0 Å². The highest BCUT2D eigenvalue weighted by Crippen LogP contribution is 2.40. The molecule has 0 saturated carbocycles. The standard InChI is InChI=1S/C17H21ClN6OS/c18-14-11(2-1-5-21-14)26-16-15(20)23-13(8-22-16)24-6-3-17(4-7-24)10-25-9-12(17)19/h1-2,5,8,12H,3-4,6-7,9-10,19H2,(H2,20,23)/t12-/m1/s1. The van der Waals surface area contributed by atoms with Gasteiger partial charge in [0.2, 0.25) is 0 Å². The first kappa shape index (κ1) is 17.8. The third-order valence-corrected chi connectivity index (χ3v) is 6.71. The molecule has 2 aromatic rings. The van der Waals surface area contributed by atoms with Gasteiger partial charge in [0.05, 0.1) is 24.3 Å². The lowest BCUT2D eigenvalue weighted by molar-refractivity contribution is 0.131. The van der Waals surface area contributed by atoms with E-state index in [1.807, 2.05) is 12.1 Å². The summed E-state index contributed by atoms with van der Waals surface area (Å²) in [6.07, 6.45) is 5.41. The Morgan fingerprint density at radius 3 is 2.77 bits per heavy atom. The highest BCUT2D eigenvalue weighted by Gasteiger charge is 2.44. The summed E-state index contributed by atoms with van der Waals surface area (Å²) in [7, 11) is 0. The van der Waals surface area contributed by atoms with E-state index in [1.54, 1.807) is 12.4 Å². The normalized spacial score (nSPS) is 22.1. The summed E-state index contributed by atoms with van der Waals surface area (Å²) >= 11 is 7.47. The summed E-state index contributed by atoms with van der Waals surface area (Å²) in [5, 5.41) is 1.06. The van der Waals surface area contributed by atoms with Crippen molar-refractivity contribution in [2.75, 3.05) is 36.9 Å². The van der Waals surface area contributed by atoms with Gasteiger partial charge in [0.1, 0.15) is 16.0 Å². The van der Waals surface area contributed by atoms with Crippen LogP contribution in [0.2, 0.25) is 5.15 Å². The van der Waals surface area contributed by atoms with Crippen LogP contribution in [0.3, 0.4) is 0 Å². The van der Waals surface area contributed by atoms with E-state index in [-0.39, 0.29) is 11.5 Å². The molecule has 1 atom stereocenters. The summed E-state index contributed by atoms with van der Waals surface area (Å²) in [6, 6.07) is 3.84. The molecule has 2 aliphatic heterocycles. The maximum Gasteiger partial charge on any atom is 0.158 e. The number of pyridine rings is 1. The number of nitrogens with two attached hydrogens (primary N) is 2. The first-order valence-corrected chi connectivity index (χ1v) is 9.76. The van der Waals surface area contributed by atoms with E-state index in [4.69, 9.17) is 27.8 Å². The Morgan fingerprint density at radius 1 is 1.31 bits per heavy atom. The average molecular weight is 393 g/mol. The lowest BCUT2D eigenvalue weighted by atomic mass is 9.75. The van der Waals surface area contributed by atoms with Gasteiger partial charge in [0, 0.05) is 30.7 Å². The van der Waals surface area contributed by atoms with Crippen LogP contribution in [-0.4, -0.2) is 47.3 Å². The minimum atomic E-state index is 0.113. The number of halogens is 1. The van der Waals surface area contributed by atoms with E-state index in [0.29, 0.717) is 22.6 Å². The molecule has 0 aliphatic carbocycles. The van der Waals surface area contributed by atoms with E-state index in [9.17, 15) is 0 Å². The molecule has 26 heavy (non-hydrogen) atoms. The average Bonchev–Trinajstić information content (AvgIpc) is 2.99. The first-order valence-electron chi connectivity index (χ1n) is 8.57. The highest BCUT2D eigenvalue weighted by molar-refractivity contribution is 7.99. The Kier molecular flexibility index (Phi) is 4.92. The van der Waals surface area contributed by atoms with Gasteiger partial charge in [-0.2, -0.15) is 0 Å². The number of nitrogens with zero attached hydrogens (tertiary/aromatic N) is 4. The first-order chi connectivity index (χ1) is 12.6. The number of hydrogen-bond acceptors (Lipinski definition) is 8. The quantitative estimate of drug-likeness (QED) is 0.766. The molecule has 4 rings (SSSR count). The van der Waals surface area contributed by atoms with Crippen molar-refractivity contribution < 1.29 is 4.74 Å². The summed E-state index contributed by atoms with van der Waals surface area (Å²) in [5.74, 6) is 1.19. The van der Waals surface area contributed by atoms with Gasteiger partial charge in [0.15, 0.2) is 5.82 Å². The fourth-order valence-corrected chi connectivity index (χ4v) is 4.52. The van der Waals surface area contributed by atoms with Crippen LogP contribution in [0.15, 0.2) is 34.4 Å². The summed E-state index contributed by atoms with van der Waals surface area (Å²) in [5.41, 5.74) is 12.5. The van der Waals surface area contributed by atoms with Crippen molar-refractivity contribution >= 4 is 35.0 Å². The molecule has 2 aliphatic rings. The Hall–Kier alpha value is -1.61. The van der Waals surface area contributed by atoms with Crippen LogP contribution in [0.25, 0.3) is 0 Å². The van der Waals surface area contributed by atoms with Crippen molar-refractivity contribution in [2.45, 2.75) is 28.8 Å². The topological polar surface area (TPSA) is 103 Å². The van der Waals surface area contributed by atoms with Gasteiger partial charge in [-0.3, -0.25) is 0 Å². The van der Waals surface area contributed by atoms with Crippen LogP contribution in [0.4, 0.5) is 11.6 Å². The number of piperidine rings is 1. The van der Waals surface area contributed by atoms with Gasteiger partial charge in [-0.25, -0.2) is 15.0 Å².